The summed E-state index contributed by atoms with van der Waals surface area (Å²) in [4.78, 5) is 11.1. The first kappa shape index (κ1) is 6.77. The van der Waals surface area contributed by atoms with E-state index in [9.17, 15) is 4.79 Å². The molecule has 2 rings (SSSR count). The Hall–Kier alpha value is -1.92. The van der Waals surface area contributed by atoms with Crippen LogP contribution in [0.15, 0.2) is 4.79 Å². The number of rotatable bonds is 0. The number of H-pyrrole nitrogens is 1. The van der Waals surface area contributed by atoms with Crippen molar-refractivity contribution in [3.05, 3.63) is 16.3 Å². The maximum absolute atomic E-state index is 11.1. The third-order valence-corrected chi connectivity index (χ3v) is 1.53. The summed E-state index contributed by atoms with van der Waals surface area (Å²) in [5, 5.41) is 13.1. The molecule has 0 unspecified atom stereocenters. The molecule has 0 fully saturated rings. The minimum Gasteiger partial charge on any atom is -0.379 e. The largest absolute Gasteiger partial charge is 0.379 e. The van der Waals surface area contributed by atoms with E-state index in [2.05, 4.69) is 20.4 Å². The molecule has 0 aliphatic carbocycles. The van der Waals surface area contributed by atoms with E-state index < -0.39 is 0 Å². The molecule has 3 N–H and O–H groups in total. The molecule has 0 amide bonds. The number of aryl methyl sites for hydroxylation is 1. The first-order valence-corrected chi connectivity index (χ1v) is 3.26. The van der Waals surface area contributed by atoms with Crippen molar-refractivity contribution in [3.8, 4) is 0 Å². The average molecular weight is 166 g/mol. The summed E-state index contributed by atoms with van der Waals surface area (Å²) in [7, 11) is 0. The van der Waals surface area contributed by atoms with E-state index in [0.717, 1.165) is 0 Å². The minimum atomic E-state index is -0.387. The Balaban J connectivity index is 3.09. The van der Waals surface area contributed by atoms with E-state index in [1.807, 2.05) is 0 Å². The molecule has 0 saturated carbocycles. The van der Waals surface area contributed by atoms with Crippen molar-refractivity contribution in [3.63, 3.8) is 0 Å². The number of nitrogens with zero attached hydrogens (tertiary/aromatic N) is 4. The molecule has 2 aromatic heterocycles. The number of nitrogens with two attached hydrogens (primary N) is 1. The lowest BCUT2D eigenvalue weighted by atomic mass is 10.6. The van der Waals surface area contributed by atoms with Crippen molar-refractivity contribution in [2.45, 2.75) is 6.92 Å². The number of nitrogen functional groups attached to an aromatic ring is 1. The molecule has 0 radical (unpaired) electrons. The highest BCUT2D eigenvalue weighted by molar-refractivity contribution is 5.57. The zero-order valence-corrected chi connectivity index (χ0v) is 6.27. The first-order valence-electron chi connectivity index (χ1n) is 3.26. The summed E-state index contributed by atoms with van der Waals surface area (Å²) in [5.74, 6) is 0.649. The van der Waals surface area contributed by atoms with Crippen molar-refractivity contribution in [2.24, 2.45) is 0 Å². The Labute approximate surface area is 66.2 Å². The normalized spacial score (nSPS) is 10.8. The van der Waals surface area contributed by atoms with Gasteiger partial charge < -0.3 is 5.73 Å². The van der Waals surface area contributed by atoms with E-state index in [-0.39, 0.29) is 17.2 Å². The molecule has 0 aromatic carbocycles. The van der Waals surface area contributed by atoms with Gasteiger partial charge in [0.05, 0.1) is 0 Å². The summed E-state index contributed by atoms with van der Waals surface area (Å²) in [6, 6.07) is 0. The fourth-order valence-corrected chi connectivity index (χ4v) is 0.979. The fourth-order valence-electron chi connectivity index (χ4n) is 0.979. The summed E-state index contributed by atoms with van der Waals surface area (Å²) in [6.45, 7) is 1.66. The number of fused-ring (bicyclic) bond motifs is 1. The third-order valence-electron chi connectivity index (χ3n) is 1.53. The molecule has 0 saturated heterocycles. The second-order valence-electron chi connectivity index (χ2n) is 2.32. The van der Waals surface area contributed by atoms with Crippen molar-refractivity contribution in [1.29, 1.82) is 0 Å². The lowest BCUT2D eigenvalue weighted by Crippen LogP contribution is -2.20. The Morgan fingerprint density at radius 1 is 1.50 bits per heavy atom. The second kappa shape index (κ2) is 2.03. The van der Waals surface area contributed by atoms with E-state index in [1.54, 1.807) is 6.92 Å². The van der Waals surface area contributed by atoms with Crippen LogP contribution < -0.4 is 11.4 Å². The van der Waals surface area contributed by atoms with E-state index in [1.165, 1.54) is 4.40 Å². The first-order chi connectivity index (χ1) is 5.70. The third kappa shape index (κ3) is 0.698. The van der Waals surface area contributed by atoms with Crippen LogP contribution in [0.1, 0.15) is 5.82 Å². The van der Waals surface area contributed by atoms with Gasteiger partial charge in [-0.2, -0.15) is 0 Å². The lowest BCUT2D eigenvalue weighted by Gasteiger charge is -1.93. The van der Waals surface area contributed by atoms with Gasteiger partial charge in [0.25, 0.3) is 0 Å². The number of hydrogen-bond donors (Lipinski definition) is 2. The number of nitrogens with one attached hydrogen (secondary N) is 1. The molecule has 2 aromatic rings. The van der Waals surface area contributed by atoms with E-state index >= 15 is 0 Å². The highest BCUT2D eigenvalue weighted by Gasteiger charge is 2.07. The highest BCUT2D eigenvalue weighted by atomic mass is 16.1. The average Bonchev–Trinajstić information content (AvgIpc) is 2.42. The molecule has 0 aliphatic rings. The van der Waals surface area contributed by atoms with Crippen molar-refractivity contribution in [2.75, 3.05) is 5.73 Å². The number of hydrogen-bond acceptors (Lipinski definition) is 5. The molecule has 62 valence electrons. The summed E-state index contributed by atoms with van der Waals surface area (Å²) >= 11 is 0. The monoisotopic (exact) mass is 166 g/mol. The summed E-state index contributed by atoms with van der Waals surface area (Å²) in [6.07, 6.45) is 0. The number of aromatic amines is 1. The van der Waals surface area contributed by atoms with Crippen LogP contribution in [0.25, 0.3) is 5.65 Å². The van der Waals surface area contributed by atoms with Gasteiger partial charge in [0.15, 0.2) is 5.82 Å². The van der Waals surface area contributed by atoms with Gasteiger partial charge in [0.1, 0.15) is 5.82 Å². The molecule has 12 heavy (non-hydrogen) atoms. The highest BCUT2D eigenvalue weighted by Crippen LogP contribution is 2.02. The van der Waals surface area contributed by atoms with Crippen LogP contribution in [0.4, 0.5) is 5.82 Å². The number of aromatic nitrogens is 5. The van der Waals surface area contributed by atoms with Crippen molar-refractivity contribution >= 4 is 11.5 Å². The van der Waals surface area contributed by atoms with Crippen LogP contribution in [0.3, 0.4) is 0 Å². The zero-order valence-electron chi connectivity index (χ0n) is 6.27. The maximum Gasteiger partial charge on any atom is 0.349 e. The van der Waals surface area contributed by atoms with Crippen LogP contribution in [-0.2, 0) is 0 Å². The Morgan fingerprint density at radius 2 is 2.25 bits per heavy atom. The van der Waals surface area contributed by atoms with Gasteiger partial charge in [-0.1, -0.05) is 0 Å². The summed E-state index contributed by atoms with van der Waals surface area (Å²) < 4.78 is 1.27. The zero-order chi connectivity index (χ0) is 8.72. The fraction of sp³-hybridized carbons (Fsp3) is 0.200. The minimum absolute atomic E-state index is 0.162. The molecular formula is C5H6N6O. The van der Waals surface area contributed by atoms with Gasteiger partial charge in [0, 0.05) is 0 Å². The number of anilines is 1. The molecule has 0 aliphatic heterocycles. The molecule has 7 heteroatoms. The van der Waals surface area contributed by atoms with Crippen LogP contribution in [0, 0.1) is 6.92 Å². The van der Waals surface area contributed by atoms with Crippen LogP contribution in [-0.4, -0.2) is 24.8 Å². The van der Waals surface area contributed by atoms with Gasteiger partial charge in [0.2, 0.25) is 5.65 Å². The maximum atomic E-state index is 11.1. The predicted molar refractivity (Wildman–Crippen MR) is 40.6 cm³/mol. The van der Waals surface area contributed by atoms with Gasteiger partial charge in [-0.15, -0.1) is 15.3 Å². The Morgan fingerprint density at radius 3 is 2.92 bits per heavy atom. The second-order valence-corrected chi connectivity index (χ2v) is 2.32. The van der Waals surface area contributed by atoms with Gasteiger partial charge in [-0.05, 0) is 6.92 Å². The van der Waals surface area contributed by atoms with Crippen LogP contribution >= 0.6 is 0 Å². The molecule has 7 nitrogen and oxygen atoms in total. The molecule has 0 atom stereocenters. The van der Waals surface area contributed by atoms with Gasteiger partial charge in [-0.3, -0.25) is 0 Å². The quantitative estimate of drug-likeness (QED) is 0.506. The van der Waals surface area contributed by atoms with E-state index in [0.29, 0.717) is 5.82 Å². The lowest BCUT2D eigenvalue weighted by molar-refractivity contribution is 0.868. The van der Waals surface area contributed by atoms with Gasteiger partial charge >= 0.3 is 5.69 Å². The smallest absolute Gasteiger partial charge is 0.349 e. The Bertz CT molecular complexity index is 482. The van der Waals surface area contributed by atoms with E-state index in [4.69, 9.17) is 5.73 Å². The summed E-state index contributed by atoms with van der Waals surface area (Å²) in [5.41, 5.74) is 5.33. The topological polar surface area (TPSA) is 102 Å². The SMILES string of the molecule is Cc1nnc2c(N)n[nH]c(=O)n12. The standard InChI is InChI=1S/C5H6N6O/c1-2-7-9-4-3(6)8-10-5(12)11(2)4/h1H3,(H2,6,8)(H,10,12). The van der Waals surface area contributed by atoms with Crippen molar-refractivity contribution < 1.29 is 0 Å². The molecule has 2 heterocycles. The molecule has 0 spiro atoms. The predicted octanol–water partition coefficient (Wildman–Crippen LogP) is -1.30. The van der Waals surface area contributed by atoms with Gasteiger partial charge in [-0.25, -0.2) is 14.3 Å². The van der Waals surface area contributed by atoms with Crippen LogP contribution in [0.5, 0.6) is 0 Å². The Kier molecular flexibility index (Phi) is 1.15. The van der Waals surface area contributed by atoms with Crippen molar-refractivity contribution in [1.82, 2.24) is 24.8 Å². The molecular weight excluding hydrogens is 160 g/mol. The molecule has 0 bridgehead atoms. The van der Waals surface area contributed by atoms with Crippen LogP contribution in [0.2, 0.25) is 0 Å².